The topological polar surface area (TPSA) is 39.2 Å². The van der Waals surface area contributed by atoms with E-state index in [0.717, 1.165) is 0 Å². The molecule has 1 aromatic heterocycles. The van der Waals surface area contributed by atoms with E-state index in [2.05, 4.69) is 9.72 Å². The van der Waals surface area contributed by atoms with Crippen LogP contribution in [0.15, 0.2) is 23.6 Å². The van der Waals surface area contributed by atoms with Crippen molar-refractivity contribution < 1.29 is 13.9 Å². The molecule has 0 aliphatic rings. The molecule has 0 radical (unpaired) electrons. The number of halogens is 1. The Morgan fingerprint density at radius 3 is 2.94 bits per heavy atom. The maximum Gasteiger partial charge on any atom is 0.357 e. The molecule has 0 fully saturated rings. The van der Waals surface area contributed by atoms with E-state index in [4.69, 9.17) is 0 Å². The summed E-state index contributed by atoms with van der Waals surface area (Å²) in [6.07, 6.45) is 0. The Balaban J connectivity index is 2.44. The van der Waals surface area contributed by atoms with Gasteiger partial charge in [0.15, 0.2) is 5.69 Å². The lowest BCUT2D eigenvalue weighted by Gasteiger charge is -2.02. The Hall–Kier alpha value is -1.75. The fourth-order valence-corrected chi connectivity index (χ4v) is 2.31. The third-order valence-corrected chi connectivity index (χ3v) is 3.27. The quantitative estimate of drug-likeness (QED) is 0.770. The molecule has 0 saturated heterocycles. The summed E-state index contributed by atoms with van der Waals surface area (Å²) in [4.78, 5) is 15.4. The van der Waals surface area contributed by atoms with Gasteiger partial charge in [-0.1, -0.05) is 12.1 Å². The number of carbonyl (C=O) groups is 1. The van der Waals surface area contributed by atoms with Gasteiger partial charge in [-0.15, -0.1) is 11.3 Å². The molecule has 0 aliphatic carbocycles. The molecule has 0 aliphatic heterocycles. The van der Waals surface area contributed by atoms with Crippen LogP contribution in [0, 0.1) is 12.7 Å². The average Bonchev–Trinajstić information content (AvgIpc) is 2.81. The number of hydrogen-bond donors (Lipinski definition) is 0. The van der Waals surface area contributed by atoms with Crippen LogP contribution >= 0.6 is 11.3 Å². The van der Waals surface area contributed by atoms with Gasteiger partial charge in [-0.3, -0.25) is 0 Å². The van der Waals surface area contributed by atoms with Gasteiger partial charge < -0.3 is 4.74 Å². The highest BCUT2D eigenvalue weighted by atomic mass is 32.1. The lowest BCUT2D eigenvalue weighted by atomic mass is 10.1. The molecule has 2 rings (SSSR count). The zero-order valence-electron chi connectivity index (χ0n) is 9.36. The van der Waals surface area contributed by atoms with Crippen molar-refractivity contribution in [3.63, 3.8) is 0 Å². The van der Waals surface area contributed by atoms with Crippen LogP contribution in [0.4, 0.5) is 4.39 Å². The Morgan fingerprint density at radius 1 is 1.47 bits per heavy atom. The molecule has 5 heteroatoms. The van der Waals surface area contributed by atoms with Crippen LogP contribution in [-0.2, 0) is 4.74 Å². The molecule has 1 aromatic carbocycles. The molecule has 3 nitrogen and oxygen atoms in total. The first-order chi connectivity index (χ1) is 8.13. The Bertz CT molecular complexity index is 565. The molecule has 0 unspecified atom stereocenters. The Morgan fingerprint density at radius 2 is 2.24 bits per heavy atom. The summed E-state index contributed by atoms with van der Waals surface area (Å²) in [7, 11) is 1.30. The molecule has 0 bridgehead atoms. The maximum atomic E-state index is 13.4. The van der Waals surface area contributed by atoms with Gasteiger partial charge in [-0.25, -0.2) is 14.2 Å². The number of benzene rings is 1. The van der Waals surface area contributed by atoms with Crippen molar-refractivity contribution in [2.24, 2.45) is 0 Å². The Labute approximate surface area is 102 Å². The summed E-state index contributed by atoms with van der Waals surface area (Å²) < 4.78 is 18.0. The van der Waals surface area contributed by atoms with Crippen LogP contribution in [0.3, 0.4) is 0 Å². The van der Waals surface area contributed by atoms with E-state index in [1.165, 1.54) is 24.5 Å². The van der Waals surface area contributed by atoms with Gasteiger partial charge in [0, 0.05) is 10.9 Å². The third-order valence-electron chi connectivity index (χ3n) is 2.40. The number of rotatable bonds is 2. The van der Waals surface area contributed by atoms with Gasteiger partial charge >= 0.3 is 5.97 Å². The number of aromatic nitrogens is 1. The first-order valence-corrected chi connectivity index (χ1v) is 5.80. The van der Waals surface area contributed by atoms with Crippen molar-refractivity contribution >= 4 is 17.3 Å². The van der Waals surface area contributed by atoms with E-state index in [0.29, 0.717) is 16.1 Å². The van der Waals surface area contributed by atoms with Crippen LogP contribution in [0.2, 0.25) is 0 Å². The monoisotopic (exact) mass is 251 g/mol. The van der Waals surface area contributed by atoms with E-state index in [1.54, 1.807) is 24.4 Å². The standard InChI is InChI=1S/C12H10FNO2S/c1-7-8(4-3-5-9(7)13)11-14-10(6-17-11)12(15)16-2/h3-6H,1-2H3. The van der Waals surface area contributed by atoms with Crippen molar-refractivity contribution in [1.29, 1.82) is 0 Å². The number of nitrogens with zero attached hydrogens (tertiary/aromatic N) is 1. The van der Waals surface area contributed by atoms with Gasteiger partial charge in [0.25, 0.3) is 0 Å². The minimum absolute atomic E-state index is 0.246. The fourth-order valence-electron chi connectivity index (χ4n) is 1.43. The second-order valence-electron chi connectivity index (χ2n) is 3.44. The SMILES string of the molecule is COC(=O)c1csc(-c2cccc(F)c2C)n1. The molecule has 0 N–H and O–H groups in total. The second kappa shape index (κ2) is 4.63. The van der Waals surface area contributed by atoms with E-state index < -0.39 is 5.97 Å². The highest BCUT2D eigenvalue weighted by Gasteiger charge is 2.14. The molecular weight excluding hydrogens is 241 g/mol. The summed E-state index contributed by atoms with van der Waals surface area (Å²) in [5, 5.41) is 2.22. The van der Waals surface area contributed by atoms with Crippen LogP contribution in [-0.4, -0.2) is 18.1 Å². The van der Waals surface area contributed by atoms with Gasteiger partial charge in [0.05, 0.1) is 7.11 Å². The summed E-state index contributed by atoms with van der Waals surface area (Å²) in [5.74, 6) is -0.765. The third kappa shape index (κ3) is 2.19. The predicted octanol–water partition coefficient (Wildman–Crippen LogP) is 3.04. The summed E-state index contributed by atoms with van der Waals surface area (Å²) in [6, 6.07) is 4.79. The van der Waals surface area contributed by atoms with Crippen molar-refractivity contribution in [2.45, 2.75) is 6.92 Å². The summed E-state index contributed by atoms with van der Waals surface area (Å²) in [6.45, 7) is 1.68. The summed E-state index contributed by atoms with van der Waals surface area (Å²) >= 11 is 1.29. The van der Waals surface area contributed by atoms with Crippen molar-refractivity contribution in [1.82, 2.24) is 4.98 Å². The Kier molecular flexibility index (Phi) is 3.19. The number of esters is 1. The number of ether oxygens (including phenoxy) is 1. The first-order valence-electron chi connectivity index (χ1n) is 4.93. The van der Waals surface area contributed by atoms with E-state index in [9.17, 15) is 9.18 Å². The van der Waals surface area contributed by atoms with Gasteiger partial charge in [-0.05, 0) is 18.6 Å². The van der Waals surface area contributed by atoms with Gasteiger partial charge in [0.2, 0.25) is 0 Å². The minimum atomic E-state index is -0.485. The zero-order chi connectivity index (χ0) is 12.4. The molecule has 0 saturated carbocycles. The highest BCUT2D eigenvalue weighted by Crippen LogP contribution is 2.28. The number of thiazole rings is 1. The van der Waals surface area contributed by atoms with Crippen molar-refractivity contribution in [2.75, 3.05) is 7.11 Å². The fraction of sp³-hybridized carbons (Fsp3) is 0.167. The molecule has 0 atom stereocenters. The molecule has 0 amide bonds. The average molecular weight is 251 g/mol. The molecular formula is C12H10FNO2S. The zero-order valence-corrected chi connectivity index (χ0v) is 10.2. The van der Waals surface area contributed by atoms with Gasteiger partial charge in [0.1, 0.15) is 10.8 Å². The van der Waals surface area contributed by atoms with Gasteiger partial charge in [-0.2, -0.15) is 0 Å². The van der Waals surface area contributed by atoms with E-state index in [-0.39, 0.29) is 11.5 Å². The number of hydrogen-bond acceptors (Lipinski definition) is 4. The highest BCUT2D eigenvalue weighted by molar-refractivity contribution is 7.13. The normalized spacial score (nSPS) is 10.3. The largest absolute Gasteiger partial charge is 0.464 e. The lowest BCUT2D eigenvalue weighted by molar-refractivity contribution is 0.0595. The number of carbonyl (C=O) groups excluding carboxylic acids is 1. The summed E-state index contributed by atoms with van der Waals surface area (Å²) in [5.41, 5.74) is 1.47. The lowest BCUT2D eigenvalue weighted by Crippen LogP contribution is -2.01. The molecule has 1 heterocycles. The molecule has 0 spiro atoms. The smallest absolute Gasteiger partial charge is 0.357 e. The predicted molar refractivity (Wildman–Crippen MR) is 63.6 cm³/mol. The second-order valence-corrected chi connectivity index (χ2v) is 4.30. The van der Waals surface area contributed by atoms with Crippen LogP contribution in [0.1, 0.15) is 16.1 Å². The van der Waals surface area contributed by atoms with Crippen LogP contribution in [0.5, 0.6) is 0 Å². The van der Waals surface area contributed by atoms with E-state index >= 15 is 0 Å². The molecule has 17 heavy (non-hydrogen) atoms. The molecule has 2 aromatic rings. The van der Waals surface area contributed by atoms with Crippen LogP contribution < -0.4 is 0 Å². The number of methoxy groups -OCH3 is 1. The minimum Gasteiger partial charge on any atom is -0.464 e. The molecule has 88 valence electrons. The van der Waals surface area contributed by atoms with Crippen molar-refractivity contribution in [3.8, 4) is 10.6 Å². The van der Waals surface area contributed by atoms with E-state index in [1.807, 2.05) is 0 Å². The van der Waals surface area contributed by atoms with Crippen molar-refractivity contribution in [3.05, 3.63) is 40.7 Å². The van der Waals surface area contributed by atoms with Crippen LogP contribution in [0.25, 0.3) is 10.6 Å². The maximum absolute atomic E-state index is 13.4. The first kappa shape index (κ1) is 11.7.